The summed E-state index contributed by atoms with van der Waals surface area (Å²) in [5.74, 6) is -0.0138. The molecule has 0 aromatic heterocycles. The van der Waals surface area contributed by atoms with Crippen molar-refractivity contribution >= 4 is 15.6 Å². The van der Waals surface area contributed by atoms with Crippen molar-refractivity contribution in [2.75, 3.05) is 18.1 Å². The lowest BCUT2D eigenvalue weighted by Crippen LogP contribution is -2.15. The summed E-state index contributed by atoms with van der Waals surface area (Å²) in [6.45, 7) is 1.87. The van der Waals surface area contributed by atoms with Crippen LogP contribution in [0.15, 0.2) is 0 Å². The lowest BCUT2D eigenvalue weighted by Gasteiger charge is -1.99. The predicted octanol–water partition coefficient (Wildman–Crippen LogP) is -0.271. The summed E-state index contributed by atoms with van der Waals surface area (Å²) < 4.78 is 21.8. The molecule has 0 saturated carbocycles. The number of carbonyl (C=O) groups is 1. The Bertz CT molecular complexity index is 233. The average Bonchev–Trinajstić information content (AvgIpc) is 2.02. The molecular weight excluding hydrogens is 178 g/mol. The van der Waals surface area contributed by atoms with Crippen LogP contribution >= 0.6 is 0 Å². The Balaban J connectivity index is 3.76. The summed E-state index contributed by atoms with van der Waals surface area (Å²) in [5, 5.41) is 0. The van der Waals surface area contributed by atoms with Crippen LogP contribution < -0.4 is 5.73 Å². The van der Waals surface area contributed by atoms with E-state index in [0.717, 1.165) is 0 Å². The minimum Gasteiger partial charge on any atom is -0.330 e. The Kier molecular flexibility index (Phi) is 5.08. The van der Waals surface area contributed by atoms with Gasteiger partial charge in [-0.05, 0) is 6.54 Å². The Morgan fingerprint density at radius 1 is 1.33 bits per heavy atom. The molecule has 0 atom stereocenters. The molecule has 0 saturated heterocycles. The van der Waals surface area contributed by atoms with Crippen molar-refractivity contribution in [2.45, 2.75) is 19.8 Å². The molecular formula is C7H15NO3S. The highest BCUT2D eigenvalue weighted by Gasteiger charge is 2.09. The minimum atomic E-state index is -2.99. The van der Waals surface area contributed by atoms with Crippen LogP contribution in [0.3, 0.4) is 0 Å². The second kappa shape index (κ2) is 5.27. The lowest BCUT2D eigenvalue weighted by atomic mass is 10.2. The van der Waals surface area contributed by atoms with E-state index in [4.69, 9.17) is 5.73 Å². The standard InChI is InChI=1S/C7H15NO3S/c1-2-12(10,11)6-4-7(9)3-5-8/h2-6,8H2,1H3. The third kappa shape index (κ3) is 5.26. The van der Waals surface area contributed by atoms with Crippen molar-refractivity contribution in [1.82, 2.24) is 0 Å². The number of rotatable bonds is 6. The largest absolute Gasteiger partial charge is 0.330 e. The summed E-state index contributed by atoms with van der Waals surface area (Å²) in [4.78, 5) is 10.9. The number of ketones is 1. The molecule has 2 N–H and O–H groups in total. The van der Waals surface area contributed by atoms with Crippen molar-refractivity contribution in [2.24, 2.45) is 5.73 Å². The first-order valence-electron chi connectivity index (χ1n) is 3.94. The van der Waals surface area contributed by atoms with Crippen LogP contribution in [0.1, 0.15) is 19.8 Å². The first-order valence-corrected chi connectivity index (χ1v) is 5.76. The molecule has 0 aromatic rings. The van der Waals surface area contributed by atoms with E-state index in [1.165, 1.54) is 0 Å². The molecule has 4 nitrogen and oxygen atoms in total. The third-order valence-electron chi connectivity index (χ3n) is 1.55. The summed E-state index contributed by atoms with van der Waals surface area (Å²) >= 11 is 0. The molecule has 0 heterocycles. The molecule has 0 unspecified atom stereocenters. The first kappa shape index (κ1) is 11.6. The minimum absolute atomic E-state index is 0.0394. The van der Waals surface area contributed by atoms with Crippen LogP contribution in [0.2, 0.25) is 0 Å². The van der Waals surface area contributed by atoms with Crippen molar-refractivity contribution in [3.63, 3.8) is 0 Å². The Morgan fingerprint density at radius 3 is 2.33 bits per heavy atom. The summed E-state index contributed by atoms with van der Waals surface area (Å²) in [5.41, 5.74) is 5.13. The molecule has 0 bridgehead atoms. The maximum atomic E-state index is 10.9. The van der Waals surface area contributed by atoms with Gasteiger partial charge in [-0.25, -0.2) is 8.42 Å². The molecule has 0 radical (unpaired) electrons. The van der Waals surface area contributed by atoms with Crippen LogP contribution in [0, 0.1) is 0 Å². The molecule has 0 spiro atoms. The number of sulfone groups is 1. The van der Waals surface area contributed by atoms with E-state index in [2.05, 4.69) is 0 Å². The molecule has 0 aliphatic carbocycles. The Hall–Kier alpha value is -0.420. The third-order valence-corrected chi connectivity index (χ3v) is 3.26. The molecule has 0 aliphatic rings. The fourth-order valence-electron chi connectivity index (χ4n) is 0.700. The van der Waals surface area contributed by atoms with Crippen LogP contribution in [0.25, 0.3) is 0 Å². The van der Waals surface area contributed by atoms with Gasteiger partial charge in [0, 0.05) is 18.6 Å². The number of carbonyl (C=O) groups excluding carboxylic acids is 1. The highest BCUT2D eigenvalue weighted by molar-refractivity contribution is 7.91. The highest BCUT2D eigenvalue weighted by atomic mass is 32.2. The van der Waals surface area contributed by atoms with Crippen molar-refractivity contribution in [3.05, 3.63) is 0 Å². The monoisotopic (exact) mass is 193 g/mol. The number of Topliss-reactive ketones (excluding diaryl/α,β-unsaturated/α-hetero) is 1. The number of nitrogens with two attached hydrogens (primary N) is 1. The normalized spacial score (nSPS) is 11.5. The predicted molar refractivity (Wildman–Crippen MR) is 47.6 cm³/mol. The fraction of sp³-hybridized carbons (Fsp3) is 0.857. The summed E-state index contributed by atoms with van der Waals surface area (Å²) in [6.07, 6.45) is 0.382. The maximum absolute atomic E-state index is 10.9. The van der Waals surface area contributed by atoms with Gasteiger partial charge in [-0.1, -0.05) is 6.92 Å². The summed E-state index contributed by atoms with van der Waals surface area (Å²) in [7, 11) is -2.99. The number of hydrogen-bond donors (Lipinski definition) is 1. The first-order chi connectivity index (χ1) is 5.52. The van der Waals surface area contributed by atoms with Gasteiger partial charge >= 0.3 is 0 Å². The van der Waals surface area contributed by atoms with E-state index < -0.39 is 9.84 Å². The molecule has 0 fully saturated rings. The van der Waals surface area contributed by atoms with Crippen LogP contribution in [-0.4, -0.2) is 32.3 Å². The SMILES string of the molecule is CCS(=O)(=O)CCC(=O)CCN. The van der Waals surface area contributed by atoms with Gasteiger partial charge in [-0.15, -0.1) is 0 Å². The Morgan fingerprint density at radius 2 is 1.92 bits per heavy atom. The van der Waals surface area contributed by atoms with Crippen molar-refractivity contribution in [1.29, 1.82) is 0 Å². The van der Waals surface area contributed by atoms with Crippen LogP contribution in [0.5, 0.6) is 0 Å². The molecule has 72 valence electrons. The second-order valence-corrected chi connectivity index (χ2v) is 5.04. The molecule has 0 aliphatic heterocycles. The van der Waals surface area contributed by atoms with Crippen LogP contribution in [0.4, 0.5) is 0 Å². The van der Waals surface area contributed by atoms with Gasteiger partial charge in [-0.2, -0.15) is 0 Å². The molecule has 12 heavy (non-hydrogen) atoms. The molecule has 0 aromatic carbocycles. The average molecular weight is 193 g/mol. The van der Waals surface area contributed by atoms with Crippen LogP contribution in [-0.2, 0) is 14.6 Å². The van der Waals surface area contributed by atoms with E-state index in [0.29, 0.717) is 6.54 Å². The zero-order chi connectivity index (χ0) is 9.61. The van der Waals surface area contributed by atoms with Gasteiger partial charge in [0.25, 0.3) is 0 Å². The van der Waals surface area contributed by atoms with Gasteiger partial charge in [0.2, 0.25) is 0 Å². The number of hydrogen-bond acceptors (Lipinski definition) is 4. The topological polar surface area (TPSA) is 77.2 Å². The highest BCUT2D eigenvalue weighted by Crippen LogP contribution is 1.96. The fourth-order valence-corrected chi connectivity index (χ4v) is 1.53. The van der Waals surface area contributed by atoms with E-state index in [9.17, 15) is 13.2 Å². The summed E-state index contributed by atoms with van der Waals surface area (Å²) in [6, 6.07) is 0. The quantitative estimate of drug-likeness (QED) is 0.630. The van der Waals surface area contributed by atoms with E-state index >= 15 is 0 Å². The molecule has 0 rings (SSSR count). The van der Waals surface area contributed by atoms with Gasteiger partial charge < -0.3 is 5.73 Å². The maximum Gasteiger partial charge on any atom is 0.150 e. The molecule has 5 heteroatoms. The Labute approximate surface area is 73.1 Å². The van der Waals surface area contributed by atoms with E-state index in [1.807, 2.05) is 0 Å². The van der Waals surface area contributed by atoms with Crippen molar-refractivity contribution < 1.29 is 13.2 Å². The van der Waals surface area contributed by atoms with Crippen molar-refractivity contribution in [3.8, 4) is 0 Å². The zero-order valence-electron chi connectivity index (χ0n) is 7.25. The van der Waals surface area contributed by atoms with E-state index in [1.54, 1.807) is 6.92 Å². The van der Waals surface area contributed by atoms with Gasteiger partial charge in [0.05, 0.1) is 5.75 Å². The van der Waals surface area contributed by atoms with Gasteiger partial charge in [0.1, 0.15) is 15.6 Å². The molecule has 0 amide bonds. The zero-order valence-corrected chi connectivity index (χ0v) is 8.06. The second-order valence-electron chi connectivity index (χ2n) is 2.56. The lowest BCUT2D eigenvalue weighted by molar-refractivity contribution is -0.118. The van der Waals surface area contributed by atoms with Gasteiger partial charge in [-0.3, -0.25) is 4.79 Å². The van der Waals surface area contributed by atoms with Gasteiger partial charge in [0.15, 0.2) is 0 Å². The van der Waals surface area contributed by atoms with E-state index in [-0.39, 0.29) is 30.1 Å². The smallest absolute Gasteiger partial charge is 0.150 e.